The van der Waals surface area contributed by atoms with Crippen molar-refractivity contribution in [1.82, 2.24) is 0 Å². The Morgan fingerprint density at radius 3 is 1.00 bits per heavy atom. The highest BCUT2D eigenvalue weighted by Gasteiger charge is 1.95. The topological polar surface area (TPSA) is 0 Å². The standard InChI is InChI=1S/3C14H24/c2*1-5-9-13(4)11-8-12-14(7-3)10-6-2;1-5-10-14(8-4)12-9-11-13(6-2)7-3/h2*6-7,11H,2,5,8-10,12H2,1,3-4H3;5,8,11H,1,6-7,9-10,12H2,2-4H3/b2*13-11?,14-7+;14-8+. The van der Waals surface area contributed by atoms with Crippen LogP contribution in [0.5, 0.6) is 0 Å². The van der Waals surface area contributed by atoms with E-state index in [2.05, 4.69) is 119 Å². The summed E-state index contributed by atoms with van der Waals surface area (Å²) < 4.78 is 0. The average molecular weight is 577 g/mol. The molecule has 0 saturated carbocycles. The molecule has 240 valence electrons. The van der Waals surface area contributed by atoms with Gasteiger partial charge in [-0.3, -0.25) is 0 Å². The summed E-state index contributed by atoms with van der Waals surface area (Å²) in [4.78, 5) is 0. The highest BCUT2D eigenvalue weighted by atomic mass is 14.0. The van der Waals surface area contributed by atoms with Crippen molar-refractivity contribution < 1.29 is 0 Å². The summed E-state index contributed by atoms with van der Waals surface area (Å²) >= 11 is 0. The first-order valence-corrected chi connectivity index (χ1v) is 17.0. The Hall–Kier alpha value is -2.34. The van der Waals surface area contributed by atoms with Crippen LogP contribution in [0.25, 0.3) is 0 Å². The van der Waals surface area contributed by atoms with E-state index in [0.717, 1.165) is 19.3 Å². The first kappa shape index (κ1) is 44.1. The van der Waals surface area contributed by atoms with Gasteiger partial charge >= 0.3 is 0 Å². The molecule has 0 aromatic rings. The van der Waals surface area contributed by atoms with Crippen LogP contribution >= 0.6 is 0 Å². The van der Waals surface area contributed by atoms with E-state index in [1.807, 2.05) is 18.2 Å². The number of hydrogen-bond donors (Lipinski definition) is 0. The van der Waals surface area contributed by atoms with Crippen molar-refractivity contribution in [2.24, 2.45) is 0 Å². The molecule has 0 atom stereocenters. The van der Waals surface area contributed by atoms with Crippen LogP contribution in [0.2, 0.25) is 0 Å². The third-order valence-corrected chi connectivity index (χ3v) is 7.46. The van der Waals surface area contributed by atoms with Crippen LogP contribution in [0, 0.1) is 0 Å². The first-order valence-electron chi connectivity index (χ1n) is 17.0. The van der Waals surface area contributed by atoms with Crippen molar-refractivity contribution in [3.05, 3.63) is 108 Å². The second-order valence-corrected chi connectivity index (χ2v) is 11.1. The fourth-order valence-corrected chi connectivity index (χ4v) is 4.65. The average Bonchev–Trinajstić information content (AvgIpc) is 2.98. The molecule has 0 aromatic heterocycles. The van der Waals surface area contributed by atoms with Crippen LogP contribution in [-0.2, 0) is 0 Å². The lowest BCUT2D eigenvalue weighted by Gasteiger charge is -2.03. The molecule has 0 radical (unpaired) electrons. The molecular weight excluding hydrogens is 504 g/mol. The van der Waals surface area contributed by atoms with Crippen LogP contribution in [0.15, 0.2) is 108 Å². The molecule has 0 heterocycles. The lowest BCUT2D eigenvalue weighted by molar-refractivity contribution is 0.874. The predicted octanol–water partition coefficient (Wildman–Crippen LogP) is 15.1. The summed E-state index contributed by atoms with van der Waals surface area (Å²) in [6.07, 6.45) is 37.3. The van der Waals surface area contributed by atoms with Gasteiger partial charge in [-0.2, -0.15) is 0 Å². The summed E-state index contributed by atoms with van der Waals surface area (Å²) in [5, 5.41) is 0. The molecule has 0 N–H and O–H groups in total. The molecule has 42 heavy (non-hydrogen) atoms. The van der Waals surface area contributed by atoms with E-state index in [1.165, 1.54) is 105 Å². The zero-order valence-electron chi connectivity index (χ0n) is 29.9. The molecule has 0 nitrogen and oxygen atoms in total. The zero-order valence-corrected chi connectivity index (χ0v) is 29.9. The summed E-state index contributed by atoms with van der Waals surface area (Å²) in [7, 11) is 0. The molecule has 0 aromatic carbocycles. The van der Waals surface area contributed by atoms with Crippen LogP contribution in [0.1, 0.15) is 159 Å². The minimum atomic E-state index is 1.04. The van der Waals surface area contributed by atoms with Gasteiger partial charge in [0.2, 0.25) is 0 Å². The van der Waals surface area contributed by atoms with Crippen molar-refractivity contribution in [1.29, 1.82) is 0 Å². The Labute approximate surface area is 266 Å². The molecule has 0 unspecified atom stereocenters. The van der Waals surface area contributed by atoms with Gasteiger partial charge in [-0.15, -0.1) is 19.7 Å². The lowest BCUT2D eigenvalue weighted by Crippen LogP contribution is -1.83. The van der Waals surface area contributed by atoms with Crippen molar-refractivity contribution in [3.8, 4) is 0 Å². The van der Waals surface area contributed by atoms with Gasteiger partial charge in [0.05, 0.1) is 0 Å². The Balaban J connectivity index is -0.000000543. The second-order valence-electron chi connectivity index (χ2n) is 11.1. The van der Waals surface area contributed by atoms with Gasteiger partial charge in [0.1, 0.15) is 0 Å². The Bertz CT molecular complexity index is 792. The summed E-state index contributed by atoms with van der Waals surface area (Å²) in [6, 6.07) is 0. The van der Waals surface area contributed by atoms with E-state index in [-0.39, 0.29) is 0 Å². The molecule has 0 amide bonds. The summed E-state index contributed by atoms with van der Waals surface area (Å²) in [5.74, 6) is 0. The first-order chi connectivity index (χ1) is 20.3. The highest BCUT2D eigenvalue weighted by Crippen LogP contribution is 2.15. The monoisotopic (exact) mass is 577 g/mol. The number of rotatable bonds is 21. The van der Waals surface area contributed by atoms with E-state index < -0.39 is 0 Å². The molecule has 0 rings (SSSR count). The smallest absolute Gasteiger partial charge is 0.0142 e. The normalized spacial score (nSPS) is 12.5. The molecule has 0 spiro atoms. The molecule has 0 aliphatic carbocycles. The Morgan fingerprint density at radius 1 is 0.452 bits per heavy atom. The van der Waals surface area contributed by atoms with Gasteiger partial charge < -0.3 is 0 Å². The van der Waals surface area contributed by atoms with Crippen LogP contribution in [-0.4, -0.2) is 0 Å². The zero-order chi connectivity index (χ0) is 32.4. The van der Waals surface area contributed by atoms with E-state index in [0.29, 0.717) is 0 Å². The third kappa shape index (κ3) is 30.6. The van der Waals surface area contributed by atoms with Crippen molar-refractivity contribution >= 4 is 0 Å². The van der Waals surface area contributed by atoms with E-state index in [9.17, 15) is 0 Å². The van der Waals surface area contributed by atoms with Gasteiger partial charge in [0.25, 0.3) is 0 Å². The van der Waals surface area contributed by atoms with Crippen molar-refractivity contribution in [2.45, 2.75) is 159 Å². The number of allylic oxidation sites excluding steroid dienone is 15. The minimum Gasteiger partial charge on any atom is -0.103 e. The van der Waals surface area contributed by atoms with Crippen molar-refractivity contribution in [3.63, 3.8) is 0 Å². The van der Waals surface area contributed by atoms with Crippen LogP contribution < -0.4 is 0 Å². The molecular formula is C42H72. The van der Waals surface area contributed by atoms with Gasteiger partial charge in [-0.05, 0) is 118 Å². The number of hydrogen-bond acceptors (Lipinski definition) is 0. The third-order valence-electron chi connectivity index (χ3n) is 7.46. The molecule has 0 fully saturated rings. The summed E-state index contributed by atoms with van der Waals surface area (Å²) in [6.45, 7) is 31.0. The van der Waals surface area contributed by atoms with Gasteiger partial charge in [0, 0.05) is 0 Å². The van der Waals surface area contributed by atoms with E-state index in [4.69, 9.17) is 0 Å². The van der Waals surface area contributed by atoms with E-state index >= 15 is 0 Å². The lowest BCUT2D eigenvalue weighted by atomic mass is 10.0. The molecule has 0 aliphatic heterocycles. The maximum absolute atomic E-state index is 3.77. The van der Waals surface area contributed by atoms with Gasteiger partial charge in [-0.25, -0.2) is 0 Å². The van der Waals surface area contributed by atoms with Gasteiger partial charge in [0.15, 0.2) is 0 Å². The predicted molar refractivity (Wildman–Crippen MR) is 199 cm³/mol. The van der Waals surface area contributed by atoms with E-state index in [1.54, 1.807) is 5.57 Å². The largest absolute Gasteiger partial charge is 0.103 e. The molecule has 0 bridgehead atoms. The molecule has 0 saturated heterocycles. The Kier molecular flexibility index (Phi) is 36.6. The maximum Gasteiger partial charge on any atom is -0.0142 e. The maximum atomic E-state index is 3.77. The van der Waals surface area contributed by atoms with Crippen LogP contribution in [0.4, 0.5) is 0 Å². The SMILES string of the molecule is C=CC/C(=C\C)CCC=C(C)CCC.C=CC/C(=C\C)CCC=C(C)CCC.C=CC/C(=C\C)CCC=C(CC)CC. The fourth-order valence-electron chi connectivity index (χ4n) is 4.65. The van der Waals surface area contributed by atoms with Crippen molar-refractivity contribution in [2.75, 3.05) is 0 Å². The molecule has 0 aliphatic rings. The highest BCUT2D eigenvalue weighted by molar-refractivity contribution is 5.10. The Morgan fingerprint density at radius 2 is 0.762 bits per heavy atom. The van der Waals surface area contributed by atoms with Crippen LogP contribution in [0.3, 0.4) is 0 Å². The fraction of sp³-hybridized carbons (Fsp3) is 0.571. The second kappa shape index (κ2) is 34.9. The molecule has 0 heteroatoms. The summed E-state index contributed by atoms with van der Waals surface area (Å²) in [5.41, 5.74) is 9.14. The van der Waals surface area contributed by atoms with Gasteiger partial charge in [-0.1, -0.05) is 129 Å². The quantitative estimate of drug-likeness (QED) is 0.119. The minimum absolute atomic E-state index is 1.04.